The Morgan fingerprint density at radius 3 is 2.68 bits per heavy atom. The number of hydrogen-bond acceptors (Lipinski definition) is 7. The number of carbonyl (C=O) groups excluding carboxylic acids is 4. The number of aliphatic hydroxyl groups excluding tert-OH is 1. The molecule has 2 saturated heterocycles. The number of benzene rings is 2. The zero-order valence-corrected chi connectivity index (χ0v) is 23.2. The molecule has 3 aliphatic heterocycles. The number of para-hydroxylation sites is 1. The molecule has 0 radical (unpaired) electrons. The van der Waals surface area contributed by atoms with Gasteiger partial charge in [-0.2, -0.15) is 0 Å². The van der Waals surface area contributed by atoms with E-state index in [0.717, 1.165) is 18.4 Å². The van der Waals surface area contributed by atoms with Crippen molar-refractivity contribution < 1.29 is 34.1 Å². The third-order valence-electron chi connectivity index (χ3n) is 8.20. The summed E-state index contributed by atoms with van der Waals surface area (Å²) < 4.78 is 5.23. The quantitative estimate of drug-likeness (QED) is 0.274. The van der Waals surface area contributed by atoms with E-state index in [2.05, 4.69) is 0 Å². The van der Waals surface area contributed by atoms with Gasteiger partial charge in [0, 0.05) is 37.1 Å². The zero-order chi connectivity index (χ0) is 29.3. The average Bonchev–Trinajstić information content (AvgIpc) is 3.51. The van der Waals surface area contributed by atoms with Crippen molar-refractivity contribution >= 4 is 35.1 Å². The van der Waals surface area contributed by atoms with Crippen LogP contribution in [-0.4, -0.2) is 64.2 Å². The van der Waals surface area contributed by atoms with Gasteiger partial charge >= 0.3 is 5.97 Å². The lowest BCUT2D eigenvalue weighted by Gasteiger charge is -2.39. The fourth-order valence-corrected chi connectivity index (χ4v) is 6.01. The molecule has 1 unspecified atom stereocenters. The number of fused-ring (bicyclic) bond motifs is 1. The molecule has 41 heavy (non-hydrogen) atoms. The molecule has 2 fully saturated rings. The minimum Gasteiger partial charge on any atom is -0.441 e. The lowest BCUT2D eigenvalue weighted by atomic mass is 9.83. The number of amides is 3. The number of hydrogen-bond donors (Lipinski definition) is 2. The summed E-state index contributed by atoms with van der Waals surface area (Å²) in [5.41, 5.74) is 0.527. The Hall–Kier alpha value is -4.02. The molecule has 3 heterocycles. The second kappa shape index (κ2) is 11.5. The second-order valence-electron chi connectivity index (χ2n) is 10.9. The highest BCUT2D eigenvalue weighted by atomic mass is 16.6. The van der Waals surface area contributed by atoms with Crippen molar-refractivity contribution in [2.45, 2.75) is 63.9 Å². The van der Waals surface area contributed by atoms with Crippen LogP contribution in [0.15, 0.2) is 60.7 Å². The maximum absolute atomic E-state index is 13.8. The van der Waals surface area contributed by atoms with E-state index in [1.807, 2.05) is 6.07 Å². The Labute approximate surface area is 238 Å². The van der Waals surface area contributed by atoms with Crippen LogP contribution in [0.3, 0.4) is 0 Å². The average molecular weight is 562 g/mol. The largest absolute Gasteiger partial charge is 0.441 e. The Balaban J connectivity index is 1.33. The van der Waals surface area contributed by atoms with Gasteiger partial charge in [-0.05, 0) is 36.6 Å². The van der Waals surface area contributed by atoms with Crippen LogP contribution in [0.4, 0.5) is 11.4 Å². The summed E-state index contributed by atoms with van der Waals surface area (Å²) in [7, 11) is 0. The molecule has 216 valence electrons. The predicted molar refractivity (Wildman–Crippen MR) is 150 cm³/mol. The van der Waals surface area contributed by atoms with Crippen molar-refractivity contribution in [2.24, 2.45) is 5.92 Å². The van der Waals surface area contributed by atoms with Crippen molar-refractivity contribution in [2.75, 3.05) is 23.0 Å². The highest BCUT2D eigenvalue weighted by Crippen LogP contribution is 2.45. The predicted octanol–water partition coefficient (Wildman–Crippen LogP) is 2.61. The summed E-state index contributed by atoms with van der Waals surface area (Å²) in [4.78, 5) is 54.9. The monoisotopic (exact) mass is 561 g/mol. The number of ether oxygens (including phenoxy) is 1. The van der Waals surface area contributed by atoms with Crippen LogP contribution < -0.4 is 9.80 Å². The minimum absolute atomic E-state index is 0.0588. The maximum atomic E-state index is 13.8. The first-order valence-corrected chi connectivity index (χ1v) is 13.9. The van der Waals surface area contributed by atoms with Crippen LogP contribution in [0.5, 0.6) is 0 Å². The summed E-state index contributed by atoms with van der Waals surface area (Å²) in [6, 6.07) is 14.0. The molecule has 4 atom stereocenters. The molecule has 2 aromatic carbocycles. The zero-order valence-electron chi connectivity index (χ0n) is 23.2. The lowest BCUT2D eigenvalue weighted by molar-refractivity contribution is -0.154. The standard InChI is InChI=1S/C31H35N3O7/c1-20(8-5-14-27(37)32-15-7-11-24(32)19-35)31(40)25-12-3-4-13-26(25)33(30(31)39)18-22-9-6-10-23(16-22)34-28(38)17-29(34)41-21(2)36/h3-6,8-10,12-13,16,20,24,29,35,40H,7,11,14-15,17-19H2,1-2H3/b8-5+/t20-,24-,29?,31+/m0/s1. The molecule has 10 heteroatoms. The third-order valence-corrected chi connectivity index (χ3v) is 8.20. The maximum Gasteiger partial charge on any atom is 0.304 e. The van der Waals surface area contributed by atoms with Crippen LogP contribution in [0.2, 0.25) is 0 Å². The number of nitrogens with zero attached hydrogens (tertiary/aromatic N) is 3. The van der Waals surface area contributed by atoms with E-state index in [9.17, 15) is 29.4 Å². The number of anilines is 2. The molecule has 3 aliphatic rings. The fraction of sp³-hybridized carbons (Fsp3) is 0.419. The van der Waals surface area contributed by atoms with Crippen molar-refractivity contribution in [3.05, 3.63) is 71.8 Å². The van der Waals surface area contributed by atoms with Gasteiger partial charge in [0.15, 0.2) is 11.8 Å². The van der Waals surface area contributed by atoms with Gasteiger partial charge < -0.3 is 24.7 Å². The van der Waals surface area contributed by atoms with E-state index in [4.69, 9.17) is 4.74 Å². The molecule has 10 nitrogen and oxygen atoms in total. The van der Waals surface area contributed by atoms with Gasteiger partial charge in [0.2, 0.25) is 11.8 Å². The summed E-state index contributed by atoms with van der Waals surface area (Å²) >= 11 is 0. The van der Waals surface area contributed by atoms with Gasteiger partial charge in [-0.1, -0.05) is 49.4 Å². The second-order valence-corrected chi connectivity index (χ2v) is 10.9. The van der Waals surface area contributed by atoms with Gasteiger partial charge in [-0.15, -0.1) is 0 Å². The molecule has 3 amide bonds. The smallest absolute Gasteiger partial charge is 0.304 e. The van der Waals surface area contributed by atoms with Gasteiger partial charge in [-0.25, -0.2) is 0 Å². The number of esters is 1. The number of carbonyl (C=O) groups is 4. The van der Waals surface area contributed by atoms with E-state index in [-0.39, 0.29) is 43.8 Å². The summed E-state index contributed by atoms with van der Waals surface area (Å²) in [6.45, 7) is 3.76. The Morgan fingerprint density at radius 2 is 1.95 bits per heavy atom. The summed E-state index contributed by atoms with van der Waals surface area (Å²) in [6.07, 6.45) is 4.61. The molecule has 0 bridgehead atoms. The minimum atomic E-state index is -1.83. The first-order chi connectivity index (χ1) is 19.6. The van der Waals surface area contributed by atoms with Crippen molar-refractivity contribution in [3.8, 4) is 0 Å². The van der Waals surface area contributed by atoms with Gasteiger partial charge in [-0.3, -0.25) is 24.1 Å². The molecule has 5 rings (SSSR count). The molecule has 0 aliphatic carbocycles. The first kappa shape index (κ1) is 28.5. The highest BCUT2D eigenvalue weighted by molar-refractivity contribution is 6.07. The van der Waals surface area contributed by atoms with E-state index < -0.39 is 29.6 Å². The van der Waals surface area contributed by atoms with Crippen LogP contribution in [0.25, 0.3) is 0 Å². The molecule has 0 saturated carbocycles. The number of likely N-dealkylation sites (tertiary alicyclic amines) is 1. The van der Waals surface area contributed by atoms with Gasteiger partial charge in [0.05, 0.1) is 31.3 Å². The Kier molecular flexibility index (Phi) is 7.97. The van der Waals surface area contributed by atoms with E-state index in [0.29, 0.717) is 23.5 Å². The van der Waals surface area contributed by atoms with Crippen LogP contribution in [0, 0.1) is 5.92 Å². The summed E-state index contributed by atoms with van der Waals surface area (Å²) in [5, 5.41) is 21.4. The van der Waals surface area contributed by atoms with E-state index in [1.54, 1.807) is 66.4 Å². The summed E-state index contributed by atoms with van der Waals surface area (Å²) in [5.74, 6) is -1.84. The SMILES string of the molecule is CC(=O)OC1CC(=O)N1c1cccc(CN2C(=O)[C@@](O)([C@@H](C)/C=C/CC(=O)N3CCC[C@H]3CO)c3ccccc32)c1. The van der Waals surface area contributed by atoms with Crippen LogP contribution >= 0.6 is 0 Å². The topological polar surface area (TPSA) is 128 Å². The van der Waals surface area contributed by atoms with E-state index >= 15 is 0 Å². The lowest BCUT2D eigenvalue weighted by Crippen LogP contribution is -2.54. The highest BCUT2D eigenvalue weighted by Gasteiger charge is 2.52. The first-order valence-electron chi connectivity index (χ1n) is 13.9. The number of aliphatic hydroxyl groups is 2. The molecular formula is C31H35N3O7. The fourth-order valence-electron chi connectivity index (χ4n) is 6.01. The normalized spacial score (nSPS) is 24.5. The van der Waals surface area contributed by atoms with Crippen molar-refractivity contribution in [1.29, 1.82) is 0 Å². The molecule has 0 aromatic heterocycles. The Morgan fingerprint density at radius 1 is 1.17 bits per heavy atom. The molecule has 0 spiro atoms. The Bertz CT molecular complexity index is 1390. The van der Waals surface area contributed by atoms with Crippen molar-refractivity contribution in [3.63, 3.8) is 0 Å². The van der Waals surface area contributed by atoms with Gasteiger partial charge in [0.1, 0.15) is 0 Å². The molecule has 2 aromatic rings. The van der Waals surface area contributed by atoms with Crippen LogP contribution in [0.1, 0.15) is 50.7 Å². The van der Waals surface area contributed by atoms with Crippen LogP contribution in [-0.2, 0) is 36.1 Å². The molecule has 2 N–H and O–H groups in total. The number of β-lactam (4-membered cyclic amide) rings is 1. The molecular weight excluding hydrogens is 526 g/mol. The van der Waals surface area contributed by atoms with Gasteiger partial charge in [0.25, 0.3) is 5.91 Å². The third kappa shape index (κ3) is 5.25. The van der Waals surface area contributed by atoms with Crippen molar-refractivity contribution in [1.82, 2.24) is 4.90 Å². The number of rotatable bonds is 9. The van der Waals surface area contributed by atoms with E-state index in [1.165, 1.54) is 16.7 Å².